The zero-order valence-corrected chi connectivity index (χ0v) is 9.80. The van der Waals surface area contributed by atoms with Crippen molar-refractivity contribution in [1.29, 1.82) is 0 Å². The van der Waals surface area contributed by atoms with Gasteiger partial charge in [-0.25, -0.2) is 13.2 Å². The Bertz CT molecular complexity index is 345. The first-order valence-corrected chi connectivity index (χ1v) is 5.09. The molecule has 2 nitrogen and oxygen atoms in total. The Balaban J connectivity index is 3.33. The third kappa shape index (κ3) is 3.01. The average Bonchev–Trinajstić information content (AvgIpc) is 2.39. The lowest BCUT2D eigenvalue weighted by Crippen LogP contribution is -2.39. The fourth-order valence-electron chi connectivity index (χ4n) is 1.78. The van der Waals surface area contributed by atoms with E-state index in [1.807, 2.05) is 0 Å². The predicted molar refractivity (Wildman–Crippen MR) is 60.3 cm³/mol. The molecular formula is C11H14BF3O2. The van der Waals surface area contributed by atoms with Gasteiger partial charge in [0.2, 0.25) is 0 Å². The number of hydrogen-bond donors (Lipinski definition) is 0. The standard InChI is InChI=1S/C11H14BF3O2/c1-16-12(17-2)11-9(6-14)3-8(5-13)4-10(11)7-15/h3-4H,5-7H2,1-2H3. The lowest BCUT2D eigenvalue weighted by molar-refractivity contribution is 0.290. The topological polar surface area (TPSA) is 18.5 Å². The molecule has 0 radical (unpaired) electrons. The van der Waals surface area contributed by atoms with Crippen molar-refractivity contribution in [2.24, 2.45) is 0 Å². The lowest BCUT2D eigenvalue weighted by Gasteiger charge is -2.16. The minimum absolute atomic E-state index is 0.196. The molecule has 1 rings (SSSR count). The third-order valence-electron chi connectivity index (χ3n) is 2.52. The molecule has 0 aliphatic rings. The molecule has 0 aliphatic heterocycles. The van der Waals surface area contributed by atoms with Crippen LogP contribution in [-0.2, 0) is 29.3 Å². The quantitative estimate of drug-likeness (QED) is 0.715. The maximum absolute atomic E-state index is 12.9. The Kier molecular flexibility index (Phi) is 5.51. The summed E-state index contributed by atoms with van der Waals surface area (Å²) in [5.74, 6) is 0. The van der Waals surface area contributed by atoms with Crippen LogP contribution in [0.25, 0.3) is 0 Å². The fourth-order valence-corrected chi connectivity index (χ4v) is 1.78. The van der Waals surface area contributed by atoms with Crippen molar-refractivity contribution in [2.75, 3.05) is 14.2 Å². The molecular weight excluding hydrogens is 232 g/mol. The molecule has 6 heteroatoms. The van der Waals surface area contributed by atoms with Gasteiger partial charge in [0.05, 0.1) is 0 Å². The lowest BCUT2D eigenvalue weighted by atomic mass is 9.72. The summed E-state index contributed by atoms with van der Waals surface area (Å²) >= 11 is 0. The van der Waals surface area contributed by atoms with Crippen molar-refractivity contribution in [3.63, 3.8) is 0 Å². The molecule has 0 atom stereocenters. The van der Waals surface area contributed by atoms with Gasteiger partial charge in [-0.15, -0.1) is 0 Å². The normalized spacial score (nSPS) is 10.6. The van der Waals surface area contributed by atoms with Gasteiger partial charge >= 0.3 is 7.12 Å². The summed E-state index contributed by atoms with van der Waals surface area (Å²) in [6.07, 6.45) is 0. The van der Waals surface area contributed by atoms with E-state index in [-0.39, 0.29) is 16.7 Å². The van der Waals surface area contributed by atoms with Gasteiger partial charge in [0.25, 0.3) is 0 Å². The zero-order chi connectivity index (χ0) is 12.8. The number of hydrogen-bond acceptors (Lipinski definition) is 2. The van der Waals surface area contributed by atoms with Crippen LogP contribution in [-0.4, -0.2) is 21.3 Å². The summed E-state index contributed by atoms with van der Waals surface area (Å²) in [4.78, 5) is 0. The van der Waals surface area contributed by atoms with E-state index in [0.717, 1.165) is 0 Å². The first-order chi connectivity index (χ1) is 8.21. The van der Waals surface area contributed by atoms with Crippen LogP contribution in [0.2, 0.25) is 0 Å². The Hall–Kier alpha value is -1.01. The first-order valence-electron chi connectivity index (χ1n) is 5.09. The van der Waals surface area contributed by atoms with E-state index in [2.05, 4.69) is 0 Å². The summed E-state index contributed by atoms with van der Waals surface area (Å²) in [6.45, 7) is -2.40. The van der Waals surface area contributed by atoms with E-state index >= 15 is 0 Å². The molecule has 0 amide bonds. The van der Waals surface area contributed by atoms with Crippen LogP contribution >= 0.6 is 0 Å². The molecule has 94 valence electrons. The highest BCUT2D eigenvalue weighted by atomic mass is 19.1. The second kappa shape index (κ2) is 6.66. The summed E-state index contributed by atoms with van der Waals surface area (Å²) in [6, 6.07) is 2.72. The highest BCUT2D eigenvalue weighted by Gasteiger charge is 2.26. The number of halogens is 3. The van der Waals surface area contributed by atoms with Gasteiger partial charge in [-0.3, -0.25) is 0 Å². The Labute approximate surface area is 98.9 Å². The van der Waals surface area contributed by atoms with Gasteiger partial charge in [-0.05, 0) is 22.2 Å². The van der Waals surface area contributed by atoms with E-state index in [1.54, 1.807) is 0 Å². The summed E-state index contributed by atoms with van der Waals surface area (Å²) in [7, 11) is 1.91. The first kappa shape index (κ1) is 14.1. The second-order valence-corrected chi connectivity index (χ2v) is 3.53. The SMILES string of the molecule is COB(OC)c1c(CF)cc(CF)cc1CF. The van der Waals surface area contributed by atoms with Crippen LogP contribution in [0.5, 0.6) is 0 Å². The van der Waals surface area contributed by atoms with E-state index in [0.29, 0.717) is 5.46 Å². The van der Waals surface area contributed by atoms with E-state index in [1.165, 1.54) is 26.4 Å². The van der Waals surface area contributed by atoms with Crippen LogP contribution in [0, 0.1) is 0 Å². The molecule has 0 aromatic heterocycles. The zero-order valence-electron chi connectivity index (χ0n) is 9.80. The highest BCUT2D eigenvalue weighted by Crippen LogP contribution is 2.14. The monoisotopic (exact) mass is 246 g/mol. The molecule has 0 heterocycles. The summed E-state index contributed by atoms with van der Waals surface area (Å²) < 4.78 is 48.3. The minimum atomic E-state index is -0.847. The fraction of sp³-hybridized carbons (Fsp3) is 0.455. The summed E-state index contributed by atoms with van der Waals surface area (Å²) in [5, 5.41) is 0. The highest BCUT2D eigenvalue weighted by molar-refractivity contribution is 6.62. The van der Waals surface area contributed by atoms with Gasteiger partial charge in [0.1, 0.15) is 20.0 Å². The van der Waals surface area contributed by atoms with Crippen LogP contribution in [0.1, 0.15) is 16.7 Å². The molecule has 0 saturated heterocycles. The molecule has 0 aliphatic carbocycles. The molecule has 0 spiro atoms. The van der Waals surface area contributed by atoms with Crippen molar-refractivity contribution < 1.29 is 22.5 Å². The predicted octanol–water partition coefficient (Wildman–Crippen LogP) is 2.08. The van der Waals surface area contributed by atoms with Crippen LogP contribution < -0.4 is 5.46 Å². The van der Waals surface area contributed by atoms with Crippen molar-refractivity contribution in [3.8, 4) is 0 Å². The van der Waals surface area contributed by atoms with Crippen molar-refractivity contribution >= 4 is 12.6 Å². The molecule has 0 unspecified atom stereocenters. The van der Waals surface area contributed by atoms with Crippen molar-refractivity contribution in [2.45, 2.75) is 20.0 Å². The van der Waals surface area contributed by atoms with Crippen molar-refractivity contribution in [3.05, 3.63) is 28.8 Å². The number of alkyl halides is 3. The van der Waals surface area contributed by atoms with Gasteiger partial charge in [-0.1, -0.05) is 12.1 Å². The smallest absolute Gasteiger partial charge is 0.410 e. The Morgan fingerprint density at radius 2 is 1.41 bits per heavy atom. The molecule has 17 heavy (non-hydrogen) atoms. The van der Waals surface area contributed by atoms with Gasteiger partial charge < -0.3 is 9.31 Å². The number of rotatable bonds is 6. The maximum atomic E-state index is 12.9. The van der Waals surface area contributed by atoms with Crippen LogP contribution in [0.15, 0.2) is 12.1 Å². The molecule has 1 aromatic rings. The molecule has 0 N–H and O–H groups in total. The van der Waals surface area contributed by atoms with Crippen LogP contribution in [0.4, 0.5) is 13.2 Å². The third-order valence-corrected chi connectivity index (χ3v) is 2.52. The molecule has 0 saturated carbocycles. The number of benzene rings is 1. The van der Waals surface area contributed by atoms with E-state index in [9.17, 15) is 13.2 Å². The summed E-state index contributed by atoms with van der Waals surface area (Å²) in [5.41, 5.74) is 0.945. The van der Waals surface area contributed by atoms with Crippen molar-refractivity contribution in [1.82, 2.24) is 0 Å². The minimum Gasteiger partial charge on any atom is -0.410 e. The largest absolute Gasteiger partial charge is 0.494 e. The molecule has 0 fully saturated rings. The van der Waals surface area contributed by atoms with Gasteiger partial charge in [0, 0.05) is 14.2 Å². The molecule has 1 aromatic carbocycles. The average molecular weight is 246 g/mol. The second-order valence-electron chi connectivity index (χ2n) is 3.53. The maximum Gasteiger partial charge on any atom is 0.494 e. The van der Waals surface area contributed by atoms with Gasteiger partial charge in [0.15, 0.2) is 0 Å². The van der Waals surface area contributed by atoms with Gasteiger partial charge in [-0.2, -0.15) is 0 Å². The van der Waals surface area contributed by atoms with E-state index in [4.69, 9.17) is 9.31 Å². The van der Waals surface area contributed by atoms with Crippen LogP contribution in [0.3, 0.4) is 0 Å². The Morgan fingerprint density at radius 3 is 1.71 bits per heavy atom. The van der Waals surface area contributed by atoms with E-state index < -0.39 is 27.1 Å². The molecule has 0 bridgehead atoms. The Morgan fingerprint density at radius 1 is 0.941 bits per heavy atom.